The standard InChI is InChI=1S/C12H13N5O2S2/c13-16-11-12(17-5-2-1-3-10(17)15-11)21(18,19)14-7-9-4-6-20-8-9/h1-6,8,14,16H,7,13H2. The molecule has 0 saturated heterocycles. The Morgan fingerprint density at radius 1 is 1.33 bits per heavy atom. The first-order valence-electron chi connectivity index (χ1n) is 6.06. The first kappa shape index (κ1) is 14.0. The van der Waals surface area contributed by atoms with Crippen LogP contribution in [0.5, 0.6) is 0 Å². The number of anilines is 1. The maximum Gasteiger partial charge on any atom is 0.260 e. The Kier molecular flexibility index (Phi) is 3.64. The summed E-state index contributed by atoms with van der Waals surface area (Å²) in [6.07, 6.45) is 1.63. The van der Waals surface area contributed by atoms with Crippen molar-refractivity contribution in [1.82, 2.24) is 14.1 Å². The average Bonchev–Trinajstić information content (AvgIpc) is 3.12. The third-order valence-corrected chi connectivity index (χ3v) is 5.08. The lowest BCUT2D eigenvalue weighted by Crippen LogP contribution is -2.26. The summed E-state index contributed by atoms with van der Waals surface area (Å²) >= 11 is 1.51. The molecule has 7 nitrogen and oxygen atoms in total. The molecule has 0 saturated carbocycles. The second-order valence-corrected chi connectivity index (χ2v) is 6.76. The molecular weight excluding hydrogens is 310 g/mol. The van der Waals surface area contributed by atoms with Crippen LogP contribution in [0.1, 0.15) is 5.56 Å². The lowest BCUT2D eigenvalue weighted by atomic mass is 10.4. The minimum Gasteiger partial charge on any atom is -0.306 e. The van der Waals surface area contributed by atoms with Crippen LogP contribution in [0, 0.1) is 0 Å². The number of hydrogen-bond acceptors (Lipinski definition) is 6. The minimum atomic E-state index is -3.75. The minimum absolute atomic E-state index is 0.00386. The van der Waals surface area contributed by atoms with Crippen LogP contribution in [0.4, 0.5) is 5.82 Å². The second-order valence-electron chi connectivity index (χ2n) is 4.29. The molecule has 0 aromatic carbocycles. The van der Waals surface area contributed by atoms with Crippen LogP contribution in [-0.2, 0) is 16.6 Å². The van der Waals surface area contributed by atoms with Crippen LogP contribution in [0.15, 0.2) is 46.2 Å². The van der Waals surface area contributed by atoms with Gasteiger partial charge in [0.25, 0.3) is 10.0 Å². The highest BCUT2D eigenvalue weighted by atomic mass is 32.2. The smallest absolute Gasteiger partial charge is 0.260 e. The van der Waals surface area contributed by atoms with E-state index in [4.69, 9.17) is 5.84 Å². The second kappa shape index (κ2) is 5.45. The fourth-order valence-electron chi connectivity index (χ4n) is 1.96. The fourth-order valence-corrected chi connectivity index (χ4v) is 3.90. The van der Waals surface area contributed by atoms with Crippen molar-refractivity contribution in [3.05, 3.63) is 46.8 Å². The molecule has 3 heterocycles. The van der Waals surface area contributed by atoms with Gasteiger partial charge in [0.15, 0.2) is 10.8 Å². The molecule has 0 aliphatic heterocycles. The van der Waals surface area contributed by atoms with Gasteiger partial charge in [-0.1, -0.05) is 6.07 Å². The van der Waals surface area contributed by atoms with E-state index in [1.165, 1.54) is 15.7 Å². The highest BCUT2D eigenvalue weighted by molar-refractivity contribution is 7.89. The number of thiophene rings is 1. The zero-order valence-electron chi connectivity index (χ0n) is 10.9. The molecule has 0 unspecified atom stereocenters. The van der Waals surface area contributed by atoms with Crippen molar-refractivity contribution >= 4 is 32.8 Å². The van der Waals surface area contributed by atoms with Crippen molar-refractivity contribution in [2.75, 3.05) is 5.43 Å². The summed E-state index contributed by atoms with van der Waals surface area (Å²) in [5.41, 5.74) is 3.74. The highest BCUT2D eigenvalue weighted by Crippen LogP contribution is 2.22. The van der Waals surface area contributed by atoms with Gasteiger partial charge in [-0.3, -0.25) is 4.40 Å². The predicted molar refractivity (Wildman–Crippen MR) is 81.3 cm³/mol. The fraction of sp³-hybridized carbons (Fsp3) is 0.0833. The van der Waals surface area contributed by atoms with E-state index in [2.05, 4.69) is 15.1 Å². The Labute approximate surface area is 125 Å². The van der Waals surface area contributed by atoms with Gasteiger partial charge in [0.1, 0.15) is 5.65 Å². The van der Waals surface area contributed by atoms with Gasteiger partial charge in [0, 0.05) is 12.7 Å². The number of nitrogens with zero attached hydrogens (tertiary/aromatic N) is 2. The quantitative estimate of drug-likeness (QED) is 0.483. The summed E-state index contributed by atoms with van der Waals surface area (Å²) in [5, 5.41) is 3.78. The van der Waals surface area contributed by atoms with Gasteiger partial charge < -0.3 is 5.43 Å². The van der Waals surface area contributed by atoms with Crippen molar-refractivity contribution in [2.45, 2.75) is 11.6 Å². The Bertz CT molecular complexity index is 855. The van der Waals surface area contributed by atoms with Crippen LogP contribution < -0.4 is 16.0 Å². The third-order valence-electron chi connectivity index (χ3n) is 2.92. The van der Waals surface area contributed by atoms with Crippen LogP contribution in [0.25, 0.3) is 5.65 Å². The summed E-state index contributed by atoms with van der Waals surface area (Å²) in [6.45, 7) is 0.218. The molecule has 3 rings (SSSR count). The number of nitrogens with two attached hydrogens (primary N) is 1. The zero-order chi connectivity index (χ0) is 14.9. The van der Waals surface area contributed by atoms with Gasteiger partial charge in [0.05, 0.1) is 0 Å². The lowest BCUT2D eigenvalue weighted by molar-refractivity contribution is 0.577. The Morgan fingerprint density at radius 3 is 2.90 bits per heavy atom. The number of aromatic nitrogens is 2. The number of rotatable bonds is 5. The van der Waals surface area contributed by atoms with E-state index in [0.717, 1.165) is 5.56 Å². The average molecular weight is 323 g/mol. The van der Waals surface area contributed by atoms with Crippen molar-refractivity contribution in [3.8, 4) is 0 Å². The molecule has 21 heavy (non-hydrogen) atoms. The SMILES string of the molecule is NNc1nc2ccccn2c1S(=O)(=O)NCc1ccsc1. The van der Waals surface area contributed by atoms with E-state index < -0.39 is 10.0 Å². The summed E-state index contributed by atoms with van der Waals surface area (Å²) < 4.78 is 29.1. The summed E-state index contributed by atoms with van der Waals surface area (Å²) in [6, 6.07) is 7.08. The van der Waals surface area contributed by atoms with Gasteiger partial charge in [-0.25, -0.2) is 24.0 Å². The molecule has 110 valence electrons. The van der Waals surface area contributed by atoms with Gasteiger partial charge >= 0.3 is 0 Å². The predicted octanol–water partition coefficient (Wildman–Crippen LogP) is 1.16. The monoisotopic (exact) mass is 323 g/mol. The van der Waals surface area contributed by atoms with Crippen LogP contribution in [0.2, 0.25) is 0 Å². The Balaban J connectivity index is 2.01. The molecule has 0 bridgehead atoms. The van der Waals surface area contributed by atoms with Crippen molar-refractivity contribution in [2.24, 2.45) is 5.84 Å². The van der Waals surface area contributed by atoms with Crippen molar-refractivity contribution in [3.63, 3.8) is 0 Å². The number of hydrazine groups is 1. The van der Waals surface area contributed by atoms with E-state index >= 15 is 0 Å². The molecule has 3 aromatic rings. The topological polar surface area (TPSA) is 102 Å². The largest absolute Gasteiger partial charge is 0.306 e. The third kappa shape index (κ3) is 2.63. The Morgan fingerprint density at radius 2 is 2.19 bits per heavy atom. The summed E-state index contributed by atoms with van der Waals surface area (Å²) in [5.74, 6) is 5.50. The first-order valence-corrected chi connectivity index (χ1v) is 8.49. The van der Waals surface area contributed by atoms with Gasteiger partial charge in [-0.05, 0) is 34.5 Å². The molecule has 0 amide bonds. The first-order chi connectivity index (χ1) is 10.1. The number of fused-ring (bicyclic) bond motifs is 1. The summed E-state index contributed by atoms with van der Waals surface area (Å²) in [4.78, 5) is 4.15. The van der Waals surface area contributed by atoms with E-state index in [1.54, 1.807) is 24.4 Å². The van der Waals surface area contributed by atoms with Gasteiger partial charge in [-0.15, -0.1) is 0 Å². The molecular formula is C12H13N5O2S2. The zero-order valence-corrected chi connectivity index (χ0v) is 12.5. The molecule has 4 N–H and O–H groups in total. The van der Waals surface area contributed by atoms with E-state index in [1.807, 2.05) is 16.8 Å². The van der Waals surface area contributed by atoms with E-state index in [9.17, 15) is 8.42 Å². The molecule has 0 fully saturated rings. The summed E-state index contributed by atoms with van der Waals surface area (Å²) in [7, 11) is -3.75. The maximum atomic E-state index is 12.5. The number of sulfonamides is 1. The van der Waals surface area contributed by atoms with Crippen LogP contribution in [0.3, 0.4) is 0 Å². The maximum absolute atomic E-state index is 12.5. The van der Waals surface area contributed by atoms with Crippen LogP contribution in [-0.4, -0.2) is 17.8 Å². The molecule has 3 aromatic heterocycles. The van der Waals surface area contributed by atoms with Gasteiger partial charge in [-0.2, -0.15) is 11.3 Å². The lowest BCUT2D eigenvalue weighted by Gasteiger charge is -2.07. The number of imidazole rings is 1. The molecule has 0 spiro atoms. The molecule has 0 aliphatic carbocycles. The molecule has 0 atom stereocenters. The number of nitrogens with one attached hydrogen (secondary N) is 2. The normalized spacial score (nSPS) is 11.9. The van der Waals surface area contributed by atoms with E-state index in [0.29, 0.717) is 5.65 Å². The Hall–Kier alpha value is -1.94. The molecule has 0 aliphatic rings. The number of pyridine rings is 1. The molecule has 9 heteroatoms. The number of hydrogen-bond donors (Lipinski definition) is 3. The van der Waals surface area contributed by atoms with Crippen molar-refractivity contribution < 1.29 is 8.42 Å². The van der Waals surface area contributed by atoms with Gasteiger partial charge in [0.2, 0.25) is 0 Å². The van der Waals surface area contributed by atoms with Crippen molar-refractivity contribution in [1.29, 1.82) is 0 Å². The highest BCUT2D eigenvalue weighted by Gasteiger charge is 2.24. The van der Waals surface area contributed by atoms with E-state index in [-0.39, 0.29) is 17.4 Å². The molecule has 0 radical (unpaired) electrons. The number of nitrogen functional groups attached to an aromatic ring is 1. The van der Waals surface area contributed by atoms with Crippen LogP contribution >= 0.6 is 11.3 Å².